The molecule has 4 heteroatoms. The van der Waals surface area contributed by atoms with E-state index in [0.29, 0.717) is 5.88 Å². The molecule has 0 N–H and O–H groups in total. The van der Waals surface area contributed by atoms with Crippen LogP contribution in [0.3, 0.4) is 0 Å². The van der Waals surface area contributed by atoms with Gasteiger partial charge in [0.2, 0.25) is 5.88 Å². The number of ether oxygens (including phenoxy) is 1. The second-order valence-electron chi connectivity index (χ2n) is 4.53. The summed E-state index contributed by atoms with van der Waals surface area (Å²) in [4.78, 5) is 4.29. The van der Waals surface area contributed by atoms with Crippen LogP contribution in [-0.2, 0) is 0 Å². The number of aryl methyl sites for hydroxylation is 1. The van der Waals surface area contributed by atoms with Crippen LogP contribution < -0.4 is 4.74 Å². The van der Waals surface area contributed by atoms with Crippen LogP contribution in [0.15, 0.2) is 57.6 Å². The van der Waals surface area contributed by atoms with Crippen molar-refractivity contribution in [2.24, 2.45) is 0 Å². The SMILES string of the molecule is Cc1cc(Br)cnc1Oc1ccc2cc(Br)ccc2c1. The molecule has 3 aromatic rings. The lowest BCUT2D eigenvalue weighted by molar-refractivity contribution is 0.459. The van der Waals surface area contributed by atoms with Gasteiger partial charge in [-0.25, -0.2) is 4.98 Å². The van der Waals surface area contributed by atoms with Crippen molar-refractivity contribution >= 4 is 42.6 Å². The molecule has 2 nitrogen and oxygen atoms in total. The second kappa shape index (κ2) is 5.54. The molecule has 0 atom stereocenters. The predicted octanol–water partition coefficient (Wildman–Crippen LogP) is 5.86. The van der Waals surface area contributed by atoms with Crippen molar-refractivity contribution in [3.8, 4) is 11.6 Å². The van der Waals surface area contributed by atoms with E-state index < -0.39 is 0 Å². The first-order valence-electron chi connectivity index (χ1n) is 6.11. The van der Waals surface area contributed by atoms with Crippen molar-refractivity contribution in [3.63, 3.8) is 0 Å². The van der Waals surface area contributed by atoms with Crippen molar-refractivity contribution in [1.82, 2.24) is 4.98 Å². The number of hydrogen-bond donors (Lipinski definition) is 0. The van der Waals surface area contributed by atoms with Gasteiger partial charge in [-0.15, -0.1) is 0 Å². The van der Waals surface area contributed by atoms with E-state index in [1.807, 2.05) is 37.3 Å². The Kier molecular flexibility index (Phi) is 3.76. The van der Waals surface area contributed by atoms with Crippen LogP contribution in [0.25, 0.3) is 10.8 Å². The monoisotopic (exact) mass is 391 g/mol. The fourth-order valence-corrected chi connectivity index (χ4v) is 2.83. The standard InChI is InChI=1S/C16H11Br2NO/c1-10-6-14(18)9-19-16(10)20-15-5-3-11-7-13(17)4-2-12(11)8-15/h2-9H,1H3. The first-order chi connectivity index (χ1) is 9.61. The van der Waals surface area contributed by atoms with Gasteiger partial charge in [0.1, 0.15) is 5.75 Å². The maximum absolute atomic E-state index is 5.86. The molecular formula is C16H11Br2NO. The molecule has 1 heterocycles. The van der Waals surface area contributed by atoms with E-state index >= 15 is 0 Å². The molecular weight excluding hydrogens is 382 g/mol. The molecule has 0 fully saturated rings. The molecule has 0 saturated heterocycles. The summed E-state index contributed by atoms with van der Waals surface area (Å²) in [5.74, 6) is 1.42. The average molecular weight is 393 g/mol. The molecule has 3 rings (SSSR count). The second-order valence-corrected chi connectivity index (χ2v) is 6.36. The summed E-state index contributed by atoms with van der Waals surface area (Å²) in [6.07, 6.45) is 1.74. The number of benzene rings is 2. The highest BCUT2D eigenvalue weighted by Gasteiger charge is 2.05. The summed E-state index contributed by atoms with van der Waals surface area (Å²) in [6, 6.07) is 14.2. The molecule has 0 amide bonds. The summed E-state index contributed by atoms with van der Waals surface area (Å²) >= 11 is 6.87. The lowest BCUT2D eigenvalue weighted by Crippen LogP contribution is -1.91. The molecule has 0 saturated carbocycles. The van der Waals surface area contributed by atoms with Gasteiger partial charge in [-0.3, -0.25) is 0 Å². The van der Waals surface area contributed by atoms with Crippen molar-refractivity contribution in [2.45, 2.75) is 6.92 Å². The fourth-order valence-electron chi connectivity index (χ4n) is 2.00. The number of halogens is 2. The van der Waals surface area contributed by atoms with Gasteiger partial charge in [0.05, 0.1) is 0 Å². The summed E-state index contributed by atoms with van der Waals surface area (Å²) in [7, 11) is 0. The summed E-state index contributed by atoms with van der Waals surface area (Å²) in [5.41, 5.74) is 0.996. The van der Waals surface area contributed by atoms with Crippen LogP contribution in [0.5, 0.6) is 11.6 Å². The Morgan fingerprint density at radius 2 is 1.65 bits per heavy atom. The average Bonchev–Trinajstić information content (AvgIpc) is 2.42. The Bertz CT molecular complexity index is 787. The van der Waals surface area contributed by atoms with Gasteiger partial charge in [0.25, 0.3) is 0 Å². The van der Waals surface area contributed by atoms with Crippen LogP contribution in [0.4, 0.5) is 0 Å². The first-order valence-corrected chi connectivity index (χ1v) is 7.70. The third kappa shape index (κ3) is 2.86. The van der Waals surface area contributed by atoms with Gasteiger partial charge < -0.3 is 4.74 Å². The first kappa shape index (κ1) is 13.6. The summed E-state index contributed by atoms with van der Waals surface area (Å²) in [6.45, 7) is 1.98. The number of aromatic nitrogens is 1. The van der Waals surface area contributed by atoms with E-state index in [1.165, 1.54) is 5.39 Å². The van der Waals surface area contributed by atoms with E-state index in [9.17, 15) is 0 Å². The minimum atomic E-state index is 0.629. The topological polar surface area (TPSA) is 22.1 Å². The van der Waals surface area contributed by atoms with Gasteiger partial charge >= 0.3 is 0 Å². The van der Waals surface area contributed by atoms with E-state index in [2.05, 4.69) is 49.0 Å². The van der Waals surface area contributed by atoms with Crippen LogP contribution in [0.1, 0.15) is 5.56 Å². The number of pyridine rings is 1. The van der Waals surface area contributed by atoms with E-state index in [4.69, 9.17) is 4.74 Å². The molecule has 0 radical (unpaired) electrons. The number of rotatable bonds is 2. The highest BCUT2D eigenvalue weighted by atomic mass is 79.9. The Morgan fingerprint density at radius 3 is 2.45 bits per heavy atom. The van der Waals surface area contributed by atoms with E-state index in [-0.39, 0.29) is 0 Å². The third-order valence-corrected chi connectivity index (χ3v) is 3.91. The van der Waals surface area contributed by atoms with Crippen molar-refractivity contribution in [1.29, 1.82) is 0 Å². The minimum Gasteiger partial charge on any atom is -0.439 e. The largest absolute Gasteiger partial charge is 0.439 e. The third-order valence-electron chi connectivity index (χ3n) is 2.99. The molecule has 0 aliphatic heterocycles. The number of fused-ring (bicyclic) bond motifs is 1. The van der Waals surface area contributed by atoms with Crippen molar-refractivity contribution < 1.29 is 4.74 Å². The minimum absolute atomic E-state index is 0.629. The van der Waals surface area contributed by atoms with Gasteiger partial charge in [-0.2, -0.15) is 0 Å². The zero-order chi connectivity index (χ0) is 14.1. The molecule has 0 bridgehead atoms. The van der Waals surface area contributed by atoms with Crippen LogP contribution in [-0.4, -0.2) is 4.98 Å². The smallest absolute Gasteiger partial charge is 0.222 e. The maximum atomic E-state index is 5.86. The molecule has 0 spiro atoms. The molecule has 2 aromatic carbocycles. The van der Waals surface area contributed by atoms with Crippen molar-refractivity contribution in [3.05, 3.63) is 63.2 Å². The van der Waals surface area contributed by atoms with E-state index in [1.54, 1.807) is 6.20 Å². The highest BCUT2D eigenvalue weighted by molar-refractivity contribution is 9.10. The van der Waals surface area contributed by atoms with E-state index in [0.717, 1.165) is 25.6 Å². The van der Waals surface area contributed by atoms with Crippen LogP contribution in [0.2, 0.25) is 0 Å². The summed E-state index contributed by atoms with van der Waals surface area (Å²) in [5, 5.41) is 2.31. The van der Waals surface area contributed by atoms with Crippen LogP contribution in [0, 0.1) is 6.92 Å². The fraction of sp³-hybridized carbons (Fsp3) is 0.0625. The van der Waals surface area contributed by atoms with Gasteiger partial charge in [-0.1, -0.05) is 28.1 Å². The van der Waals surface area contributed by atoms with Gasteiger partial charge in [-0.05, 0) is 64.0 Å². The molecule has 0 aliphatic carbocycles. The van der Waals surface area contributed by atoms with Gasteiger partial charge in [0.15, 0.2) is 0 Å². The maximum Gasteiger partial charge on any atom is 0.222 e. The lowest BCUT2D eigenvalue weighted by atomic mass is 10.1. The highest BCUT2D eigenvalue weighted by Crippen LogP contribution is 2.28. The zero-order valence-electron chi connectivity index (χ0n) is 10.7. The molecule has 0 aliphatic rings. The summed E-state index contributed by atoms with van der Waals surface area (Å²) < 4.78 is 7.88. The van der Waals surface area contributed by atoms with Crippen LogP contribution >= 0.6 is 31.9 Å². The Balaban J connectivity index is 1.96. The molecule has 100 valence electrons. The predicted molar refractivity (Wildman–Crippen MR) is 88.4 cm³/mol. The number of hydrogen-bond acceptors (Lipinski definition) is 2. The lowest BCUT2D eigenvalue weighted by Gasteiger charge is -2.08. The Labute approximate surface area is 134 Å². The Hall–Kier alpha value is -1.39. The van der Waals surface area contributed by atoms with Gasteiger partial charge in [0, 0.05) is 20.7 Å². The quantitative estimate of drug-likeness (QED) is 0.544. The Morgan fingerprint density at radius 1 is 0.900 bits per heavy atom. The molecule has 0 unspecified atom stereocenters. The molecule has 1 aromatic heterocycles. The number of nitrogens with zero attached hydrogens (tertiary/aromatic N) is 1. The molecule has 20 heavy (non-hydrogen) atoms. The van der Waals surface area contributed by atoms with Crippen molar-refractivity contribution in [2.75, 3.05) is 0 Å². The zero-order valence-corrected chi connectivity index (χ0v) is 13.9. The normalized spacial score (nSPS) is 10.8.